The summed E-state index contributed by atoms with van der Waals surface area (Å²) in [6, 6.07) is 6.03. The number of benzene rings is 1. The van der Waals surface area contributed by atoms with Crippen LogP contribution >= 0.6 is 31.9 Å². The lowest BCUT2D eigenvalue weighted by molar-refractivity contribution is -0.137. The van der Waals surface area contributed by atoms with Gasteiger partial charge in [0.1, 0.15) is 0 Å². The van der Waals surface area contributed by atoms with Crippen LogP contribution < -0.4 is 0 Å². The third-order valence-corrected chi connectivity index (χ3v) is 3.00. The average molecular weight is 351 g/mol. The highest BCUT2D eigenvalue weighted by molar-refractivity contribution is 9.11. The zero-order valence-electron chi connectivity index (χ0n) is 8.91. The minimum atomic E-state index is -0.762. The molecule has 0 radical (unpaired) electrons. The minimum absolute atomic E-state index is 0.172. The van der Waals surface area contributed by atoms with E-state index in [9.17, 15) is 4.79 Å². The average Bonchev–Trinajstić information content (AvgIpc) is 2.12. The van der Waals surface area contributed by atoms with Gasteiger partial charge in [-0.15, -0.1) is 0 Å². The van der Waals surface area contributed by atoms with Gasteiger partial charge in [0.2, 0.25) is 0 Å². The molecule has 0 fully saturated rings. The molecule has 1 aromatic carbocycles. The number of hydrogen-bond acceptors (Lipinski definition) is 2. The van der Waals surface area contributed by atoms with Gasteiger partial charge in [-0.05, 0) is 30.8 Å². The minimum Gasteiger partial charge on any atom is -0.481 e. The molecule has 0 aromatic heterocycles. The van der Waals surface area contributed by atoms with E-state index in [2.05, 4.69) is 31.9 Å². The van der Waals surface area contributed by atoms with Crippen LogP contribution in [0.5, 0.6) is 0 Å². The maximum atomic E-state index is 10.4. The highest BCUT2D eigenvalue weighted by atomic mass is 79.9. The first-order valence-electron chi connectivity index (χ1n) is 4.82. The van der Waals surface area contributed by atoms with Crippen molar-refractivity contribution in [3.63, 3.8) is 0 Å². The summed E-state index contributed by atoms with van der Waals surface area (Å²) in [5.74, 6) is -0.762. The third kappa shape index (κ3) is 5.09. The van der Waals surface area contributed by atoms with E-state index in [0.29, 0.717) is 6.54 Å². The van der Waals surface area contributed by atoms with E-state index >= 15 is 0 Å². The molecule has 5 heteroatoms. The molecule has 0 saturated heterocycles. The Kier molecular flexibility index (Phi) is 5.44. The van der Waals surface area contributed by atoms with Crippen molar-refractivity contribution in [2.24, 2.45) is 0 Å². The van der Waals surface area contributed by atoms with Crippen molar-refractivity contribution in [2.45, 2.75) is 13.0 Å². The smallest absolute Gasteiger partial charge is 0.304 e. The lowest BCUT2D eigenvalue weighted by Gasteiger charge is -2.15. The zero-order valence-corrected chi connectivity index (χ0v) is 12.1. The van der Waals surface area contributed by atoms with E-state index in [0.717, 1.165) is 21.1 Å². The summed E-state index contributed by atoms with van der Waals surface area (Å²) in [5.41, 5.74) is 1.15. The summed E-state index contributed by atoms with van der Waals surface area (Å²) in [4.78, 5) is 12.4. The fourth-order valence-corrected chi connectivity index (χ4v) is 2.77. The van der Waals surface area contributed by atoms with Gasteiger partial charge in [0.05, 0.1) is 6.42 Å². The molecule has 1 rings (SSSR count). The van der Waals surface area contributed by atoms with E-state index in [1.165, 1.54) is 0 Å². The Balaban J connectivity index is 2.55. The monoisotopic (exact) mass is 349 g/mol. The number of halogens is 2. The normalized spacial score (nSPS) is 10.8. The first-order valence-corrected chi connectivity index (χ1v) is 6.41. The molecule has 0 spiro atoms. The van der Waals surface area contributed by atoms with E-state index < -0.39 is 5.97 Å². The summed E-state index contributed by atoms with van der Waals surface area (Å²) in [6.07, 6.45) is 0.172. The number of aliphatic carboxylic acids is 1. The van der Waals surface area contributed by atoms with Gasteiger partial charge in [-0.25, -0.2) is 0 Å². The highest BCUT2D eigenvalue weighted by Crippen LogP contribution is 2.20. The Hall–Kier alpha value is -0.390. The molecule has 0 aliphatic carbocycles. The molecule has 0 unspecified atom stereocenters. The summed E-state index contributed by atoms with van der Waals surface area (Å²) >= 11 is 6.84. The molecule has 0 heterocycles. The third-order valence-electron chi connectivity index (χ3n) is 2.08. The van der Waals surface area contributed by atoms with Gasteiger partial charge in [0, 0.05) is 22.0 Å². The van der Waals surface area contributed by atoms with Crippen LogP contribution in [0.25, 0.3) is 0 Å². The van der Waals surface area contributed by atoms with Gasteiger partial charge in [-0.1, -0.05) is 31.9 Å². The van der Waals surface area contributed by atoms with Crippen molar-refractivity contribution in [1.29, 1.82) is 0 Å². The summed E-state index contributed by atoms with van der Waals surface area (Å²) in [5, 5.41) is 8.58. The van der Waals surface area contributed by atoms with Gasteiger partial charge in [-0.3, -0.25) is 4.79 Å². The van der Waals surface area contributed by atoms with E-state index in [4.69, 9.17) is 5.11 Å². The van der Waals surface area contributed by atoms with Crippen LogP contribution in [0.3, 0.4) is 0 Å². The predicted octanol–water partition coefficient (Wildman–Crippen LogP) is 3.12. The molecule has 0 bridgehead atoms. The van der Waals surface area contributed by atoms with Gasteiger partial charge in [0.15, 0.2) is 0 Å². The first kappa shape index (κ1) is 13.7. The van der Waals surface area contributed by atoms with E-state index in [1.807, 2.05) is 30.1 Å². The highest BCUT2D eigenvalue weighted by Gasteiger charge is 2.04. The molecule has 1 aromatic rings. The van der Waals surface area contributed by atoms with Crippen molar-refractivity contribution < 1.29 is 9.90 Å². The second-order valence-electron chi connectivity index (χ2n) is 3.66. The lowest BCUT2D eigenvalue weighted by Crippen LogP contribution is -2.21. The van der Waals surface area contributed by atoms with Crippen molar-refractivity contribution >= 4 is 37.8 Å². The fourth-order valence-electron chi connectivity index (χ4n) is 1.38. The van der Waals surface area contributed by atoms with Crippen LogP contribution in [0, 0.1) is 0 Å². The Bertz CT molecular complexity index is 362. The molecule has 0 atom stereocenters. The number of carbonyl (C=O) groups is 1. The molecule has 88 valence electrons. The maximum absolute atomic E-state index is 10.4. The first-order chi connectivity index (χ1) is 7.47. The fraction of sp³-hybridized carbons (Fsp3) is 0.364. The number of nitrogens with zero attached hydrogens (tertiary/aromatic N) is 1. The molecule has 0 amide bonds. The van der Waals surface area contributed by atoms with Crippen LogP contribution in [0.15, 0.2) is 27.1 Å². The van der Waals surface area contributed by atoms with Crippen LogP contribution in [0.4, 0.5) is 0 Å². The van der Waals surface area contributed by atoms with Gasteiger partial charge < -0.3 is 10.0 Å². The van der Waals surface area contributed by atoms with E-state index in [-0.39, 0.29) is 6.42 Å². The largest absolute Gasteiger partial charge is 0.481 e. The summed E-state index contributed by atoms with van der Waals surface area (Å²) in [7, 11) is 1.91. The number of carboxylic acid groups (broad SMARTS) is 1. The second-order valence-corrected chi connectivity index (χ2v) is 5.49. The van der Waals surface area contributed by atoms with Gasteiger partial charge in [0.25, 0.3) is 0 Å². The molecular formula is C11H13Br2NO2. The molecule has 3 nitrogen and oxygen atoms in total. The Morgan fingerprint density at radius 2 is 1.88 bits per heavy atom. The van der Waals surface area contributed by atoms with Crippen LogP contribution in [-0.4, -0.2) is 29.6 Å². The summed E-state index contributed by atoms with van der Waals surface area (Å²) in [6.45, 7) is 1.30. The van der Waals surface area contributed by atoms with Crippen molar-refractivity contribution in [1.82, 2.24) is 4.90 Å². The van der Waals surface area contributed by atoms with Crippen molar-refractivity contribution in [3.05, 3.63) is 32.7 Å². The number of carboxylic acids is 1. The molecular weight excluding hydrogens is 338 g/mol. The van der Waals surface area contributed by atoms with Crippen LogP contribution in [-0.2, 0) is 11.3 Å². The number of rotatable bonds is 5. The molecule has 1 N–H and O–H groups in total. The Morgan fingerprint density at radius 1 is 1.31 bits per heavy atom. The molecule has 0 aliphatic rings. The van der Waals surface area contributed by atoms with Crippen LogP contribution in [0.2, 0.25) is 0 Å². The van der Waals surface area contributed by atoms with Crippen molar-refractivity contribution in [3.8, 4) is 0 Å². The Labute approximate surface area is 112 Å². The summed E-state index contributed by atoms with van der Waals surface area (Å²) < 4.78 is 2.03. The lowest BCUT2D eigenvalue weighted by atomic mass is 10.2. The topological polar surface area (TPSA) is 40.5 Å². The van der Waals surface area contributed by atoms with Crippen molar-refractivity contribution in [2.75, 3.05) is 13.6 Å². The quantitative estimate of drug-likeness (QED) is 0.886. The SMILES string of the molecule is CN(CCC(=O)O)Cc1cc(Br)cc(Br)c1. The predicted molar refractivity (Wildman–Crippen MR) is 70.4 cm³/mol. The maximum Gasteiger partial charge on any atom is 0.304 e. The number of hydrogen-bond donors (Lipinski definition) is 1. The van der Waals surface area contributed by atoms with E-state index in [1.54, 1.807) is 0 Å². The molecule has 0 saturated carbocycles. The molecule has 16 heavy (non-hydrogen) atoms. The zero-order chi connectivity index (χ0) is 12.1. The standard InChI is InChI=1S/C11H13Br2NO2/c1-14(3-2-11(15)16)7-8-4-9(12)6-10(13)5-8/h4-6H,2-3,7H2,1H3,(H,15,16). The van der Waals surface area contributed by atoms with Gasteiger partial charge >= 0.3 is 5.97 Å². The second kappa shape index (κ2) is 6.37. The van der Waals surface area contributed by atoms with Crippen LogP contribution in [0.1, 0.15) is 12.0 Å². The molecule has 0 aliphatic heterocycles. The Morgan fingerprint density at radius 3 is 2.38 bits per heavy atom. The van der Waals surface area contributed by atoms with Gasteiger partial charge in [-0.2, -0.15) is 0 Å².